The van der Waals surface area contributed by atoms with Crippen LogP contribution < -0.4 is 0 Å². The summed E-state index contributed by atoms with van der Waals surface area (Å²) < 4.78 is 4.51. The molecule has 1 rings (SSSR count). The zero-order chi connectivity index (χ0) is 8.97. The van der Waals surface area contributed by atoms with Gasteiger partial charge in [0, 0.05) is 6.08 Å². The number of carbonyl (C=O) groups is 1. The first kappa shape index (κ1) is 8.43. The van der Waals surface area contributed by atoms with E-state index in [1.165, 1.54) is 7.11 Å². The average Bonchev–Trinajstić information content (AvgIpc) is 2.16. The summed E-state index contributed by atoms with van der Waals surface area (Å²) in [6.45, 7) is 0. The van der Waals surface area contributed by atoms with Crippen LogP contribution in [0.5, 0.6) is 0 Å². The lowest BCUT2D eigenvalue weighted by molar-refractivity contribution is -0.142. The van der Waals surface area contributed by atoms with Crippen LogP contribution in [0.1, 0.15) is 0 Å². The molecule has 0 bridgehead atoms. The highest BCUT2D eigenvalue weighted by molar-refractivity contribution is 6.07. The molecular weight excluding hydrogens is 156 g/mol. The first-order chi connectivity index (χ1) is 5.79. The molecule has 4 heteroatoms. The van der Waals surface area contributed by atoms with Gasteiger partial charge in [-0.15, -0.1) is 0 Å². The molecule has 1 unspecified atom stereocenters. The zero-order valence-electron chi connectivity index (χ0n) is 6.60. The predicted molar refractivity (Wildman–Crippen MR) is 42.4 cm³/mol. The summed E-state index contributed by atoms with van der Waals surface area (Å²) in [5, 5.41) is 0. The van der Waals surface area contributed by atoms with E-state index in [1.807, 2.05) is 0 Å². The number of ether oxygens (including phenoxy) is 1. The second-order valence-corrected chi connectivity index (χ2v) is 2.27. The summed E-state index contributed by atoms with van der Waals surface area (Å²) in [5.41, 5.74) is 8.80. The van der Waals surface area contributed by atoms with Crippen molar-refractivity contribution in [2.24, 2.45) is 5.92 Å². The predicted octanol–water partition coefficient (Wildman–Crippen LogP) is 0.572. The third-order valence-electron chi connectivity index (χ3n) is 1.57. The molecule has 0 radical (unpaired) electrons. The van der Waals surface area contributed by atoms with Gasteiger partial charge in [0.15, 0.2) is 5.92 Å². The molecule has 0 saturated heterocycles. The van der Waals surface area contributed by atoms with E-state index in [0.29, 0.717) is 5.71 Å². The molecule has 1 atom stereocenters. The minimum absolute atomic E-state index is 0.296. The van der Waals surface area contributed by atoms with E-state index < -0.39 is 11.9 Å². The number of allylic oxidation sites excluding steroid dienone is 3. The van der Waals surface area contributed by atoms with E-state index in [1.54, 1.807) is 24.3 Å². The van der Waals surface area contributed by atoms with Gasteiger partial charge in [0.1, 0.15) is 0 Å². The zero-order valence-corrected chi connectivity index (χ0v) is 6.60. The Morgan fingerprint density at radius 2 is 2.42 bits per heavy atom. The van der Waals surface area contributed by atoms with Crippen molar-refractivity contribution in [1.29, 1.82) is 0 Å². The molecule has 0 aliphatic heterocycles. The van der Waals surface area contributed by atoms with Gasteiger partial charge in [-0.1, -0.05) is 18.2 Å². The molecule has 62 valence electrons. The van der Waals surface area contributed by atoms with E-state index in [2.05, 4.69) is 9.53 Å². The molecular formula is C8H8N2O2. The van der Waals surface area contributed by atoms with E-state index in [4.69, 9.17) is 5.53 Å². The Morgan fingerprint density at radius 1 is 1.67 bits per heavy atom. The van der Waals surface area contributed by atoms with Crippen LogP contribution in [0.3, 0.4) is 0 Å². The Kier molecular flexibility index (Phi) is 2.56. The van der Waals surface area contributed by atoms with Crippen LogP contribution in [-0.4, -0.2) is 23.6 Å². The molecule has 1 aliphatic rings. The molecule has 0 aromatic carbocycles. The molecule has 4 nitrogen and oxygen atoms in total. The summed E-state index contributed by atoms with van der Waals surface area (Å²) in [6, 6.07) is 0. The Hall–Kier alpha value is -1.67. The van der Waals surface area contributed by atoms with Gasteiger partial charge in [0.2, 0.25) is 0 Å². The molecule has 0 aromatic rings. The van der Waals surface area contributed by atoms with Crippen LogP contribution in [0.15, 0.2) is 24.3 Å². The highest BCUT2D eigenvalue weighted by atomic mass is 16.5. The summed E-state index contributed by atoms with van der Waals surface area (Å²) in [6.07, 6.45) is 6.56. The van der Waals surface area contributed by atoms with Crippen molar-refractivity contribution in [3.05, 3.63) is 29.8 Å². The number of hydrogen-bond donors (Lipinski definition) is 0. The fourth-order valence-corrected chi connectivity index (χ4v) is 0.953. The number of esters is 1. The van der Waals surface area contributed by atoms with Gasteiger partial charge in [-0.25, -0.2) is 0 Å². The molecule has 0 fully saturated rings. The van der Waals surface area contributed by atoms with Crippen molar-refractivity contribution in [2.75, 3.05) is 7.11 Å². The fraction of sp³-hybridized carbons (Fsp3) is 0.250. The van der Waals surface area contributed by atoms with Gasteiger partial charge >= 0.3 is 11.7 Å². The fourth-order valence-electron chi connectivity index (χ4n) is 0.953. The molecule has 0 spiro atoms. The van der Waals surface area contributed by atoms with Gasteiger partial charge in [-0.2, -0.15) is 4.79 Å². The van der Waals surface area contributed by atoms with Crippen molar-refractivity contribution in [2.45, 2.75) is 0 Å². The van der Waals surface area contributed by atoms with Crippen LogP contribution >= 0.6 is 0 Å². The Morgan fingerprint density at radius 3 is 3.00 bits per heavy atom. The average molecular weight is 164 g/mol. The van der Waals surface area contributed by atoms with E-state index in [-0.39, 0.29) is 0 Å². The van der Waals surface area contributed by atoms with Crippen LogP contribution in [0.4, 0.5) is 0 Å². The summed E-state index contributed by atoms with van der Waals surface area (Å²) in [7, 11) is 1.30. The van der Waals surface area contributed by atoms with Crippen molar-refractivity contribution in [1.82, 2.24) is 0 Å². The van der Waals surface area contributed by atoms with Gasteiger partial charge in [0.05, 0.1) is 7.11 Å². The van der Waals surface area contributed by atoms with Gasteiger partial charge in [-0.05, 0) is 0 Å². The lowest BCUT2D eigenvalue weighted by Gasteiger charge is -2.05. The minimum atomic E-state index is -0.579. The van der Waals surface area contributed by atoms with Crippen molar-refractivity contribution in [3.8, 4) is 0 Å². The number of carbonyl (C=O) groups excluding carboxylic acids is 1. The minimum Gasteiger partial charge on any atom is -0.468 e. The Labute approximate surface area is 69.8 Å². The smallest absolute Gasteiger partial charge is 0.324 e. The molecule has 1 aliphatic carbocycles. The van der Waals surface area contributed by atoms with Crippen LogP contribution in [-0.2, 0) is 9.53 Å². The normalized spacial score (nSPS) is 20.4. The molecule has 12 heavy (non-hydrogen) atoms. The quantitative estimate of drug-likeness (QED) is 0.323. The largest absolute Gasteiger partial charge is 0.468 e. The van der Waals surface area contributed by atoms with E-state index in [9.17, 15) is 4.79 Å². The molecule has 0 N–H and O–H groups in total. The third kappa shape index (κ3) is 1.49. The maximum absolute atomic E-state index is 11.0. The Bertz CT molecular complexity index is 298. The maximum Gasteiger partial charge on any atom is 0.324 e. The molecule has 0 saturated carbocycles. The van der Waals surface area contributed by atoms with Gasteiger partial charge in [-0.3, -0.25) is 4.79 Å². The second kappa shape index (κ2) is 3.64. The number of methoxy groups -OCH3 is 1. The van der Waals surface area contributed by atoms with E-state index >= 15 is 0 Å². The lowest BCUT2D eigenvalue weighted by Crippen LogP contribution is -2.24. The standard InChI is InChI=1S/C8H8N2O2/c1-12-8(11)6-4-2-3-5-7(6)10-9/h2-6H,1H3. The first-order valence-corrected chi connectivity index (χ1v) is 3.44. The molecule has 0 amide bonds. The summed E-state index contributed by atoms with van der Waals surface area (Å²) in [5.74, 6) is -1.01. The maximum atomic E-state index is 11.0. The second-order valence-electron chi connectivity index (χ2n) is 2.27. The van der Waals surface area contributed by atoms with Crippen molar-refractivity contribution < 1.29 is 14.3 Å². The van der Waals surface area contributed by atoms with E-state index in [0.717, 1.165) is 0 Å². The highest BCUT2D eigenvalue weighted by Crippen LogP contribution is 2.08. The first-order valence-electron chi connectivity index (χ1n) is 3.44. The SMILES string of the molecule is COC(=O)C1C=CC=CC1=[N+]=[N-]. The highest BCUT2D eigenvalue weighted by Gasteiger charge is 2.28. The number of rotatable bonds is 1. The molecule has 0 heterocycles. The summed E-state index contributed by atoms with van der Waals surface area (Å²) >= 11 is 0. The topological polar surface area (TPSA) is 62.7 Å². The van der Waals surface area contributed by atoms with Crippen molar-refractivity contribution >= 4 is 11.7 Å². The number of nitrogens with zero attached hydrogens (tertiary/aromatic N) is 2. The molecule has 0 aromatic heterocycles. The van der Waals surface area contributed by atoms with Gasteiger partial charge in [0.25, 0.3) is 0 Å². The van der Waals surface area contributed by atoms with Crippen molar-refractivity contribution in [3.63, 3.8) is 0 Å². The van der Waals surface area contributed by atoms with Gasteiger partial charge < -0.3 is 10.3 Å². The third-order valence-corrected chi connectivity index (χ3v) is 1.57. The van der Waals surface area contributed by atoms with Crippen LogP contribution in [0, 0.1) is 5.92 Å². The Balaban J connectivity index is 2.90. The number of hydrogen-bond acceptors (Lipinski definition) is 2. The monoisotopic (exact) mass is 164 g/mol. The summed E-state index contributed by atoms with van der Waals surface area (Å²) in [4.78, 5) is 14.0. The lowest BCUT2D eigenvalue weighted by atomic mass is 9.99. The van der Waals surface area contributed by atoms with Crippen LogP contribution in [0.2, 0.25) is 0 Å². The van der Waals surface area contributed by atoms with Crippen LogP contribution in [0.25, 0.3) is 5.53 Å².